The van der Waals surface area contributed by atoms with Gasteiger partial charge in [-0.2, -0.15) is 0 Å². The molecule has 0 radical (unpaired) electrons. The van der Waals surface area contributed by atoms with E-state index in [4.69, 9.17) is 0 Å². The Hall–Kier alpha value is -1.82. The fraction of sp³-hybridized carbons (Fsp3) is 0.286. The number of likely N-dealkylation sites (N-methyl/N-ethyl adjacent to an activating group) is 1. The highest BCUT2D eigenvalue weighted by Crippen LogP contribution is 2.27. The number of hydrogen-bond donors (Lipinski definition) is 1. The van der Waals surface area contributed by atoms with Gasteiger partial charge in [0, 0.05) is 25.1 Å². The van der Waals surface area contributed by atoms with Crippen molar-refractivity contribution in [2.24, 2.45) is 0 Å². The predicted molar refractivity (Wildman–Crippen MR) is 82.4 cm³/mol. The number of nitrogens with zero attached hydrogens (tertiary/aromatic N) is 2. The summed E-state index contributed by atoms with van der Waals surface area (Å²) < 4.78 is 0.931. The first-order chi connectivity index (χ1) is 9.43. The Kier molecular flexibility index (Phi) is 4.13. The van der Waals surface area contributed by atoms with E-state index in [2.05, 4.69) is 21.2 Å². The lowest BCUT2D eigenvalue weighted by Gasteiger charge is -2.14. The zero-order chi connectivity index (χ0) is 14.9. The van der Waals surface area contributed by atoms with Crippen molar-refractivity contribution < 1.29 is 9.59 Å². The van der Waals surface area contributed by atoms with Gasteiger partial charge in [-0.05, 0) is 46.6 Å². The molecular weight excluding hydrogens is 322 g/mol. The molecule has 0 aromatic heterocycles. The molecule has 0 bridgehead atoms. The number of halogens is 1. The van der Waals surface area contributed by atoms with Crippen molar-refractivity contribution in [3.63, 3.8) is 0 Å². The van der Waals surface area contributed by atoms with Gasteiger partial charge in [0.25, 0.3) is 5.91 Å². The van der Waals surface area contributed by atoms with Crippen LogP contribution < -0.4 is 10.2 Å². The molecule has 1 saturated heterocycles. The Balaban J connectivity index is 2.30. The molecule has 3 amide bonds. The molecule has 1 aliphatic heterocycles. The van der Waals surface area contributed by atoms with Crippen LogP contribution in [0.2, 0.25) is 0 Å². The molecule has 5 nitrogen and oxygen atoms in total. The number of carbonyl (C=O) groups is 2. The Morgan fingerprint density at radius 2 is 2.05 bits per heavy atom. The minimum absolute atomic E-state index is 0.287. The quantitative estimate of drug-likeness (QED) is 0.680. The summed E-state index contributed by atoms with van der Waals surface area (Å²) in [5, 5.41) is 2.58. The summed E-state index contributed by atoms with van der Waals surface area (Å²) in [5.41, 5.74) is 2.20. The number of benzene rings is 1. The van der Waals surface area contributed by atoms with Gasteiger partial charge in [-0.1, -0.05) is 6.07 Å². The molecule has 0 spiro atoms. The van der Waals surface area contributed by atoms with Crippen LogP contribution in [0.1, 0.15) is 12.5 Å². The highest BCUT2D eigenvalue weighted by atomic mass is 79.9. The Morgan fingerprint density at radius 1 is 1.35 bits per heavy atom. The van der Waals surface area contributed by atoms with Gasteiger partial charge < -0.3 is 10.2 Å². The minimum Gasteiger partial charge on any atom is -0.377 e. The van der Waals surface area contributed by atoms with Crippen molar-refractivity contribution in [2.75, 3.05) is 25.5 Å². The van der Waals surface area contributed by atoms with Gasteiger partial charge in [0.1, 0.15) is 5.70 Å². The predicted octanol–water partition coefficient (Wildman–Crippen LogP) is 2.43. The van der Waals surface area contributed by atoms with Crippen molar-refractivity contribution in [1.82, 2.24) is 10.2 Å². The zero-order valence-corrected chi connectivity index (χ0v) is 13.2. The summed E-state index contributed by atoms with van der Waals surface area (Å²) >= 11 is 3.50. The highest BCUT2D eigenvalue weighted by Gasteiger charge is 2.31. The van der Waals surface area contributed by atoms with Gasteiger partial charge in [-0.25, -0.2) is 4.79 Å². The lowest BCUT2D eigenvalue weighted by molar-refractivity contribution is -0.122. The third kappa shape index (κ3) is 2.70. The van der Waals surface area contributed by atoms with Crippen LogP contribution in [0.3, 0.4) is 0 Å². The van der Waals surface area contributed by atoms with Crippen LogP contribution in [0.25, 0.3) is 6.08 Å². The van der Waals surface area contributed by atoms with Crippen LogP contribution in [0.5, 0.6) is 0 Å². The molecule has 1 N–H and O–H groups in total. The van der Waals surface area contributed by atoms with E-state index in [0.29, 0.717) is 12.2 Å². The molecule has 20 heavy (non-hydrogen) atoms. The van der Waals surface area contributed by atoms with Crippen LogP contribution in [-0.4, -0.2) is 37.5 Å². The third-order valence-corrected chi connectivity index (χ3v) is 3.68. The van der Waals surface area contributed by atoms with Crippen molar-refractivity contribution in [3.8, 4) is 0 Å². The van der Waals surface area contributed by atoms with E-state index in [1.807, 2.05) is 37.2 Å². The lowest BCUT2D eigenvalue weighted by atomic mass is 10.1. The van der Waals surface area contributed by atoms with Crippen LogP contribution in [0.15, 0.2) is 28.4 Å². The Bertz CT molecular complexity index is 596. The van der Waals surface area contributed by atoms with Gasteiger partial charge in [0.05, 0.1) is 5.69 Å². The van der Waals surface area contributed by atoms with Crippen molar-refractivity contribution in [2.45, 2.75) is 6.92 Å². The molecule has 2 rings (SSSR count). The van der Waals surface area contributed by atoms with Crippen LogP contribution in [0.4, 0.5) is 10.5 Å². The first-order valence-corrected chi connectivity index (χ1v) is 7.04. The van der Waals surface area contributed by atoms with E-state index in [1.165, 1.54) is 4.90 Å². The smallest absolute Gasteiger partial charge is 0.328 e. The summed E-state index contributed by atoms with van der Waals surface area (Å²) in [6.45, 7) is 2.13. The summed E-state index contributed by atoms with van der Waals surface area (Å²) in [6.07, 6.45) is 1.68. The molecule has 6 heteroatoms. The van der Waals surface area contributed by atoms with Crippen molar-refractivity contribution in [3.05, 3.63) is 33.9 Å². The van der Waals surface area contributed by atoms with Crippen LogP contribution >= 0.6 is 15.9 Å². The number of amides is 3. The van der Waals surface area contributed by atoms with E-state index in [9.17, 15) is 9.59 Å². The number of anilines is 1. The SMILES string of the molecule is CCN1C(=O)NC(=Cc2ccc(N(C)C)c(Br)c2)C1=O. The monoisotopic (exact) mass is 337 g/mol. The summed E-state index contributed by atoms with van der Waals surface area (Å²) in [4.78, 5) is 26.7. The second kappa shape index (κ2) is 5.66. The largest absolute Gasteiger partial charge is 0.377 e. The van der Waals surface area contributed by atoms with Gasteiger partial charge >= 0.3 is 6.03 Å². The molecule has 1 aromatic carbocycles. The minimum atomic E-state index is -0.368. The average molecular weight is 338 g/mol. The maximum atomic E-state index is 12.0. The number of carbonyl (C=O) groups excluding carboxylic acids is 2. The van der Waals surface area contributed by atoms with E-state index in [0.717, 1.165) is 15.7 Å². The maximum Gasteiger partial charge on any atom is 0.328 e. The molecule has 0 aliphatic carbocycles. The summed E-state index contributed by atoms with van der Waals surface area (Å²) in [5.74, 6) is -0.287. The molecule has 106 valence electrons. The number of hydrogen-bond acceptors (Lipinski definition) is 3. The zero-order valence-electron chi connectivity index (χ0n) is 11.6. The van der Waals surface area contributed by atoms with Gasteiger partial charge in [0.15, 0.2) is 0 Å². The van der Waals surface area contributed by atoms with Crippen LogP contribution in [-0.2, 0) is 4.79 Å². The standard InChI is InChI=1S/C14H16BrN3O2/c1-4-18-13(19)11(16-14(18)20)8-9-5-6-12(17(2)3)10(15)7-9/h5-8H,4H2,1-3H3,(H,16,20). The summed E-state index contributed by atoms with van der Waals surface area (Å²) in [7, 11) is 3.91. The Labute approximate surface area is 126 Å². The molecule has 0 unspecified atom stereocenters. The van der Waals surface area contributed by atoms with E-state index in [-0.39, 0.29) is 11.9 Å². The van der Waals surface area contributed by atoms with E-state index in [1.54, 1.807) is 13.0 Å². The molecule has 0 atom stereocenters. The number of rotatable bonds is 3. The molecule has 1 heterocycles. The fourth-order valence-corrected chi connectivity index (χ4v) is 2.75. The molecule has 0 saturated carbocycles. The van der Waals surface area contributed by atoms with Gasteiger partial charge in [-0.3, -0.25) is 9.69 Å². The lowest BCUT2D eigenvalue weighted by Crippen LogP contribution is -2.30. The normalized spacial score (nSPS) is 16.8. The molecule has 1 aliphatic rings. The second-order valence-electron chi connectivity index (χ2n) is 4.64. The number of imide groups is 1. The van der Waals surface area contributed by atoms with Gasteiger partial charge in [-0.15, -0.1) is 0 Å². The average Bonchev–Trinajstić information content (AvgIpc) is 2.63. The van der Waals surface area contributed by atoms with Crippen molar-refractivity contribution >= 4 is 39.6 Å². The maximum absolute atomic E-state index is 12.0. The van der Waals surface area contributed by atoms with E-state index < -0.39 is 0 Å². The first kappa shape index (κ1) is 14.6. The Morgan fingerprint density at radius 3 is 2.55 bits per heavy atom. The number of nitrogens with one attached hydrogen (secondary N) is 1. The van der Waals surface area contributed by atoms with Crippen LogP contribution in [0, 0.1) is 0 Å². The molecule has 1 aromatic rings. The van der Waals surface area contributed by atoms with Gasteiger partial charge in [0.2, 0.25) is 0 Å². The fourth-order valence-electron chi connectivity index (χ4n) is 2.00. The summed E-state index contributed by atoms with van der Waals surface area (Å²) in [6, 6.07) is 5.40. The topological polar surface area (TPSA) is 52.7 Å². The van der Waals surface area contributed by atoms with Crippen molar-refractivity contribution in [1.29, 1.82) is 0 Å². The first-order valence-electron chi connectivity index (χ1n) is 6.25. The second-order valence-corrected chi connectivity index (χ2v) is 5.50. The van der Waals surface area contributed by atoms with E-state index >= 15 is 0 Å². The highest BCUT2D eigenvalue weighted by molar-refractivity contribution is 9.10. The number of urea groups is 1. The molecule has 1 fully saturated rings. The third-order valence-electron chi connectivity index (χ3n) is 3.04. The molecular formula is C14H16BrN3O2.